The number of rotatable bonds is 4. The summed E-state index contributed by atoms with van der Waals surface area (Å²) in [4.78, 5) is 0.706. The van der Waals surface area contributed by atoms with E-state index in [1.165, 1.54) is 6.20 Å². The van der Waals surface area contributed by atoms with Crippen molar-refractivity contribution in [1.82, 2.24) is 4.57 Å². The van der Waals surface area contributed by atoms with Gasteiger partial charge in [0.15, 0.2) is 6.20 Å². The number of imidazole rings is 1. The van der Waals surface area contributed by atoms with Crippen molar-refractivity contribution in [3.05, 3.63) is 72.6 Å². The highest BCUT2D eigenvalue weighted by Gasteiger charge is 2.29. The standard InChI is InChI=1S/C20H22FN2/c1-4-20(2,3)18-13-9-8-12-17(18)19-22(14-15-23(19)21)16-10-6-5-7-11-16/h5-15H,4H2,1-3H3/q+1. The van der Waals surface area contributed by atoms with Gasteiger partial charge in [-0.05, 0) is 40.4 Å². The topological polar surface area (TPSA) is 8.81 Å². The van der Waals surface area contributed by atoms with Crippen LogP contribution < -0.4 is 4.79 Å². The average Bonchev–Trinajstić information content (AvgIpc) is 2.97. The van der Waals surface area contributed by atoms with Crippen LogP contribution in [0, 0.1) is 0 Å². The SMILES string of the molecule is CCC(C)(C)c1ccccc1-c1n(-c2ccccc2)cc[n+]1F. The highest BCUT2D eigenvalue weighted by molar-refractivity contribution is 5.62. The minimum absolute atomic E-state index is 0.0185. The van der Waals surface area contributed by atoms with Crippen LogP contribution in [0.5, 0.6) is 0 Å². The highest BCUT2D eigenvalue weighted by Crippen LogP contribution is 2.34. The summed E-state index contributed by atoms with van der Waals surface area (Å²) < 4.78 is 16.4. The molecule has 0 unspecified atom stereocenters. The lowest BCUT2D eigenvalue weighted by atomic mass is 9.79. The van der Waals surface area contributed by atoms with Gasteiger partial charge in [0.25, 0.3) is 0 Å². The lowest BCUT2D eigenvalue weighted by Crippen LogP contribution is -2.26. The van der Waals surface area contributed by atoms with E-state index in [4.69, 9.17) is 0 Å². The fourth-order valence-corrected chi connectivity index (χ4v) is 2.87. The molecule has 0 aliphatic heterocycles. The predicted molar refractivity (Wildman–Crippen MR) is 91.2 cm³/mol. The quantitative estimate of drug-likeness (QED) is 0.651. The molecular weight excluding hydrogens is 287 g/mol. The van der Waals surface area contributed by atoms with Crippen LogP contribution in [-0.4, -0.2) is 4.57 Å². The maximum Gasteiger partial charge on any atom is 0.330 e. The van der Waals surface area contributed by atoms with Crippen molar-refractivity contribution in [2.75, 3.05) is 0 Å². The lowest BCUT2D eigenvalue weighted by Gasteiger charge is -2.25. The maximum atomic E-state index is 14.5. The van der Waals surface area contributed by atoms with Crippen LogP contribution in [0.4, 0.5) is 4.48 Å². The van der Waals surface area contributed by atoms with E-state index in [9.17, 15) is 4.48 Å². The summed E-state index contributed by atoms with van der Waals surface area (Å²) in [5, 5.41) is 0. The van der Waals surface area contributed by atoms with Crippen LogP contribution in [0.25, 0.3) is 17.1 Å². The number of aromatic nitrogens is 2. The molecule has 23 heavy (non-hydrogen) atoms. The Kier molecular flexibility index (Phi) is 4.03. The van der Waals surface area contributed by atoms with Gasteiger partial charge in [0, 0.05) is 4.48 Å². The van der Waals surface area contributed by atoms with E-state index in [2.05, 4.69) is 26.8 Å². The summed E-state index contributed by atoms with van der Waals surface area (Å²) in [5.74, 6) is 0.549. The Balaban J connectivity index is 2.24. The number of para-hydroxylation sites is 1. The number of halogens is 1. The summed E-state index contributed by atoms with van der Waals surface area (Å²) in [6.07, 6.45) is 4.21. The molecule has 2 nitrogen and oxygen atoms in total. The Morgan fingerprint density at radius 3 is 2.35 bits per heavy atom. The van der Waals surface area contributed by atoms with Gasteiger partial charge in [0.2, 0.25) is 0 Å². The largest absolute Gasteiger partial charge is 0.330 e. The highest BCUT2D eigenvalue weighted by atomic mass is 19.2. The maximum absolute atomic E-state index is 14.5. The van der Waals surface area contributed by atoms with Crippen molar-refractivity contribution in [1.29, 1.82) is 0 Å². The number of hydrogen-bond donors (Lipinski definition) is 0. The van der Waals surface area contributed by atoms with Crippen molar-refractivity contribution >= 4 is 0 Å². The second-order valence-corrected chi connectivity index (χ2v) is 6.42. The third kappa shape index (κ3) is 2.79. The Bertz CT molecular complexity index is 804. The van der Waals surface area contributed by atoms with Gasteiger partial charge >= 0.3 is 5.82 Å². The molecule has 2 aromatic carbocycles. The van der Waals surface area contributed by atoms with Gasteiger partial charge in [0.1, 0.15) is 11.9 Å². The zero-order valence-corrected chi connectivity index (χ0v) is 13.8. The molecule has 0 aliphatic rings. The minimum atomic E-state index is -0.0185. The molecule has 3 rings (SSSR count). The molecule has 0 N–H and O–H groups in total. The van der Waals surface area contributed by atoms with Crippen molar-refractivity contribution in [2.45, 2.75) is 32.6 Å². The van der Waals surface area contributed by atoms with Gasteiger partial charge in [-0.25, -0.2) is 0 Å². The summed E-state index contributed by atoms with van der Waals surface area (Å²) in [6.45, 7) is 6.56. The third-order valence-corrected chi connectivity index (χ3v) is 4.59. The first-order valence-corrected chi connectivity index (χ1v) is 7.99. The Labute approximate surface area is 136 Å². The number of benzene rings is 2. The molecule has 0 atom stereocenters. The molecule has 0 bridgehead atoms. The summed E-state index contributed by atoms with van der Waals surface area (Å²) in [6, 6.07) is 17.9. The fourth-order valence-electron chi connectivity index (χ4n) is 2.87. The Hall–Kier alpha value is -2.42. The first-order chi connectivity index (χ1) is 11.0. The van der Waals surface area contributed by atoms with E-state index >= 15 is 0 Å². The molecule has 0 saturated carbocycles. The van der Waals surface area contributed by atoms with E-state index in [0.29, 0.717) is 10.6 Å². The molecule has 0 saturated heterocycles. The van der Waals surface area contributed by atoms with E-state index in [-0.39, 0.29) is 5.41 Å². The normalized spacial score (nSPS) is 11.7. The van der Waals surface area contributed by atoms with Crippen LogP contribution in [0.15, 0.2) is 67.0 Å². The van der Waals surface area contributed by atoms with E-state index < -0.39 is 0 Å². The van der Waals surface area contributed by atoms with Gasteiger partial charge in [-0.15, -0.1) is 0 Å². The average molecular weight is 309 g/mol. The van der Waals surface area contributed by atoms with Crippen LogP contribution in [0.1, 0.15) is 32.8 Å². The number of nitrogens with zero attached hydrogens (tertiary/aromatic N) is 2. The van der Waals surface area contributed by atoms with Crippen LogP contribution in [0.3, 0.4) is 0 Å². The molecule has 0 fully saturated rings. The van der Waals surface area contributed by atoms with Crippen molar-refractivity contribution in [3.8, 4) is 17.1 Å². The zero-order chi connectivity index (χ0) is 16.4. The van der Waals surface area contributed by atoms with Crippen molar-refractivity contribution in [2.24, 2.45) is 0 Å². The van der Waals surface area contributed by atoms with E-state index in [1.807, 2.05) is 53.1 Å². The van der Waals surface area contributed by atoms with Gasteiger partial charge in [-0.2, -0.15) is 4.57 Å². The fraction of sp³-hybridized carbons (Fsp3) is 0.250. The van der Waals surface area contributed by atoms with Crippen molar-refractivity contribution in [3.63, 3.8) is 0 Å². The molecule has 1 heterocycles. The van der Waals surface area contributed by atoms with Crippen LogP contribution >= 0.6 is 0 Å². The van der Waals surface area contributed by atoms with Gasteiger partial charge in [-0.1, -0.05) is 57.2 Å². The van der Waals surface area contributed by atoms with Gasteiger partial charge < -0.3 is 0 Å². The van der Waals surface area contributed by atoms with Crippen LogP contribution in [0.2, 0.25) is 0 Å². The molecule has 0 aliphatic carbocycles. The third-order valence-electron chi connectivity index (χ3n) is 4.59. The number of hydrogen-bond acceptors (Lipinski definition) is 0. The zero-order valence-electron chi connectivity index (χ0n) is 13.8. The minimum Gasteiger partial charge on any atom is -0.193 e. The predicted octanol–water partition coefficient (Wildman–Crippen LogP) is 4.85. The Morgan fingerprint density at radius 1 is 1.00 bits per heavy atom. The molecule has 3 heteroatoms. The molecule has 0 spiro atoms. The summed E-state index contributed by atoms with van der Waals surface area (Å²) in [7, 11) is 0. The molecular formula is C20H22FN2+. The molecule has 1 aromatic heterocycles. The monoisotopic (exact) mass is 309 g/mol. The molecule has 3 aromatic rings. The van der Waals surface area contributed by atoms with Gasteiger partial charge in [-0.3, -0.25) is 0 Å². The summed E-state index contributed by atoms with van der Waals surface area (Å²) in [5.41, 5.74) is 3.01. The van der Waals surface area contributed by atoms with Crippen molar-refractivity contribution < 1.29 is 9.27 Å². The Morgan fingerprint density at radius 2 is 1.65 bits per heavy atom. The summed E-state index contributed by atoms with van der Waals surface area (Å²) >= 11 is 0. The smallest absolute Gasteiger partial charge is 0.193 e. The first-order valence-electron chi connectivity index (χ1n) is 7.99. The molecule has 0 radical (unpaired) electrons. The molecule has 0 amide bonds. The second kappa shape index (κ2) is 5.99. The molecule has 118 valence electrons. The van der Waals surface area contributed by atoms with Gasteiger partial charge in [0.05, 0.1) is 5.56 Å². The first kappa shape index (κ1) is 15.5. The van der Waals surface area contributed by atoms with E-state index in [1.54, 1.807) is 6.20 Å². The van der Waals surface area contributed by atoms with E-state index in [0.717, 1.165) is 23.2 Å². The second-order valence-electron chi connectivity index (χ2n) is 6.42. The lowest BCUT2D eigenvalue weighted by molar-refractivity contribution is -0.833. The van der Waals surface area contributed by atoms with Crippen LogP contribution in [-0.2, 0) is 5.41 Å².